The molecule has 2 fully saturated rings. The van der Waals surface area contributed by atoms with Crippen molar-refractivity contribution in [1.82, 2.24) is 36.0 Å². The molecule has 0 spiro atoms. The van der Waals surface area contributed by atoms with E-state index in [-0.39, 0.29) is 41.2 Å². The van der Waals surface area contributed by atoms with E-state index in [4.69, 9.17) is 29.6 Å². The number of likely N-dealkylation sites (tertiary alicyclic amines) is 1. The zero-order valence-corrected chi connectivity index (χ0v) is 52.1. The molecule has 2 aromatic carbocycles. The third kappa shape index (κ3) is 19.7. The Hall–Kier alpha value is -7.09. The molecule has 0 saturated carbocycles. The predicted octanol–water partition coefficient (Wildman–Crippen LogP) is -0.0888. The van der Waals surface area contributed by atoms with Crippen molar-refractivity contribution in [2.45, 2.75) is 167 Å². The van der Waals surface area contributed by atoms with Crippen LogP contribution in [0.4, 0.5) is 10.5 Å². The number of nitrogens with two attached hydrogens (primary N) is 1. The van der Waals surface area contributed by atoms with Gasteiger partial charge in [0.2, 0.25) is 47.6 Å². The minimum absolute atomic E-state index is 0.0350. The Kier molecular flexibility index (Phi) is 28.9. The van der Waals surface area contributed by atoms with Gasteiger partial charge < -0.3 is 85.6 Å². The van der Waals surface area contributed by atoms with Crippen molar-refractivity contribution in [3.63, 3.8) is 0 Å². The summed E-state index contributed by atoms with van der Waals surface area (Å²) in [4.78, 5) is 129. The van der Waals surface area contributed by atoms with Crippen molar-refractivity contribution in [2.24, 2.45) is 29.6 Å². The molecule has 0 bridgehead atoms. The zero-order chi connectivity index (χ0) is 65.9. The second-order valence-corrected chi connectivity index (χ2v) is 22.9. The van der Waals surface area contributed by atoms with Crippen LogP contribution < -0.4 is 37.2 Å². The lowest BCUT2D eigenvalue weighted by Crippen LogP contribution is -2.61. The maximum absolute atomic E-state index is 14.9. The van der Waals surface area contributed by atoms with E-state index in [1.165, 1.54) is 44.4 Å². The molecule has 2 saturated heterocycles. The number of anilines is 1. The number of carboxylic acid groups (broad SMARTS) is 1. The number of benzene rings is 2. The smallest absolute Gasteiger partial charge is 0.410 e. The van der Waals surface area contributed by atoms with E-state index in [0.29, 0.717) is 31.4 Å². The van der Waals surface area contributed by atoms with Gasteiger partial charge in [0.15, 0.2) is 6.10 Å². The van der Waals surface area contributed by atoms with Crippen molar-refractivity contribution < 1.29 is 97.2 Å². The number of nitrogens with one attached hydrogen (secondary N) is 5. The summed E-state index contributed by atoms with van der Waals surface area (Å²) >= 11 is 0. The molecule has 492 valence electrons. The number of carbonyl (C=O) groups is 9. The molecule has 15 atom stereocenters. The van der Waals surface area contributed by atoms with Crippen LogP contribution in [0, 0.1) is 23.7 Å². The quantitative estimate of drug-likeness (QED) is 0.0427. The lowest BCUT2D eigenvalue weighted by Gasteiger charge is -2.41. The van der Waals surface area contributed by atoms with E-state index in [1.54, 1.807) is 77.8 Å². The standard InChI is InChI=1S/C59H91N9O20/c1-13-32(6)47(40(83-11)25-44(72)68-23-17-20-38(68)52(84-12)33(7)54(77)63-34(8)48(73)35-18-15-14-16-19-35)66(9)56(79)45(30(2)3)65-55(78)46(31(4)5)67(10)59(82)85-28-36-24-37(64-42(70)27-61-41(69)26-62-43(71)29-86-60)21-22-39(36)87-58-51(76)49(74)50(75)53(88-58)57(80)81/h14-16,18-19,21-22,24,30-34,38,40,45-53,58,73-76H,13,17,20,23,25-29,60H2,1-12H3,(H,61,69)(H,62,71)(H,63,77)(H,64,70)(H,65,78)(H,80,81)/t32-,33+,34+,38-,40+,45-,46-,47-,48+,49-,50-,51?,52+,53?,58+/m0/s1. The largest absolute Gasteiger partial charge is 0.479 e. The number of rotatable bonds is 32. The Bertz CT molecular complexity index is 2670. The summed E-state index contributed by atoms with van der Waals surface area (Å²) in [6.07, 6.45) is -12.0. The molecule has 12 N–H and O–H groups in total. The summed E-state index contributed by atoms with van der Waals surface area (Å²) in [5, 5.41) is 64.9. The average Bonchev–Trinajstić information content (AvgIpc) is 4.14. The normalized spacial score (nSPS) is 21.5. The number of likely N-dealkylation sites (N-methyl/N-ethyl adjacent to an activating group) is 2. The number of hydrogen-bond donors (Lipinski definition) is 11. The Morgan fingerprint density at radius 2 is 1.44 bits per heavy atom. The number of hydrogen-bond acceptors (Lipinski definition) is 20. The van der Waals surface area contributed by atoms with Crippen LogP contribution in [0.2, 0.25) is 0 Å². The number of methoxy groups -OCH3 is 2. The predicted molar refractivity (Wildman–Crippen MR) is 315 cm³/mol. The van der Waals surface area contributed by atoms with Crippen molar-refractivity contribution in [3.05, 3.63) is 59.7 Å². The van der Waals surface area contributed by atoms with Gasteiger partial charge in [0.1, 0.15) is 49.4 Å². The van der Waals surface area contributed by atoms with E-state index in [0.717, 1.165) is 4.90 Å². The molecule has 29 heteroatoms. The lowest BCUT2D eigenvalue weighted by molar-refractivity contribution is -0.271. The Balaban J connectivity index is 1.51. The number of amides is 8. The van der Waals surface area contributed by atoms with E-state index < -0.39 is 165 Å². The zero-order valence-electron chi connectivity index (χ0n) is 52.1. The Labute approximate surface area is 512 Å². The van der Waals surface area contributed by atoms with Gasteiger partial charge in [-0.2, -0.15) is 0 Å². The minimum atomic E-state index is -2.05. The first-order valence-electron chi connectivity index (χ1n) is 29.3. The molecule has 2 unspecified atom stereocenters. The van der Waals surface area contributed by atoms with Crippen molar-refractivity contribution in [2.75, 3.05) is 59.9 Å². The molecule has 2 aliphatic heterocycles. The molecular weight excluding hydrogens is 1150 g/mol. The fourth-order valence-electron chi connectivity index (χ4n) is 10.8. The fourth-order valence-corrected chi connectivity index (χ4v) is 10.8. The number of carbonyl (C=O) groups excluding carboxylic acids is 8. The van der Waals surface area contributed by atoms with Gasteiger partial charge in [-0.1, -0.05) is 85.2 Å². The molecule has 8 amide bonds. The highest BCUT2D eigenvalue weighted by Crippen LogP contribution is 2.32. The third-order valence-electron chi connectivity index (χ3n) is 15.9. The highest BCUT2D eigenvalue weighted by atomic mass is 16.7. The number of aliphatic carboxylic acids is 1. The number of carboxylic acids is 1. The number of ether oxygens (including phenoxy) is 5. The first kappa shape index (κ1) is 73.4. The summed E-state index contributed by atoms with van der Waals surface area (Å²) in [5.74, 6) is -3.19. The van der Waals surface area contributed by atoms with Gasteiger partial charge in [0, 0.05) is 46.1 Å². The SMILES string of the molecule is CC[C@H](C)[C@@H]([C@@H](CC(=O)N1CCC[C@H]1[C@H](OC)[C@@H](C)C(=O)N[C@H](C)[C@@H](O)c1ccccc1)OC)N(C)C(=O)[C@@H](NC(=O)[C@H](C(C)C)N(C)C(=O)OCc1cc(NC(=O)CNC(=O)CNC(=O)CON)ccc1O[C@@H]1OC(C(=O)O)[C@@H](O)[C@H](O)C1O)C(C)C. The monoisotopic (exact) mass is 1250 g/mol. The first-order chi connectivity index (χ1) is 41.5. The van der Waals surface area contributed by atoms with E-state index in [1.807, 2.05) is 19.9 Å². The van der Waals surface area contributed by atoms with Gasteiger partial charge in [-0.05, 0) is 61.3 Å². The van der Waals surface area contributed by atoms with E-state index in [9.17, 15) is 68.7 Å². The van der Waals surface area contributed by atoms with E-state index >= 15 is 0 Å². The van der Waals surface area contributed by atoms with Gasteiger partial charge in [-0.15, -0.1) is 0 Å². The van der Waals surface area contributed by atoms with Crippen LogP contribution in [0.3, 0.4) is 0 Å². The van der Waals surface area contributed by atoms with Gasteiger partial charge in [0.05, 0.1) is 61.9 Å². The van der Waals surface area contributed by atoms with Crippen molar-refractivity contribution in [1.29, 1.82) is 0 Å². The summed E-state index contributed by atoms with van der Waals surface area (Å²) in [5.41, 5.74) is 0.630. The van der Waals surface area contributed by atoms with Crippen LogP contribution in [-0.2, 0) is 68.7 Å². The molecule has 2 aliphatic rings. The molecule has 0 aromatic heterocycles. The number of nitrogens with zero attached hydrogens (tertiary/aromatic N) is 3. The molecular formula is C59H91N9O20. The van der Waals surface area contributed by atoms with Crippen LogP contribution in [0.1, 0.15) is 98.3 Å². The first-order valence-corrected chi connectivity index (χ1v) is 29.3. The van der Waals surface area contributed by atoms with Crippen LogP contribution in [-0.4, -0.2) is 221 Å². The van der Waals surface area contributed by atoms with Gasteiger partial charge >= 0.3 is 12.1 Å². The van der Waals surface area contributed by atoms with Gasteiger partial charge in [-0.3, -0.25) is 43.3 Å². The van der Waals surface area contributed by atoms with Gasteiger partial charge in [0.25, 0.3) is 0 Å². The molecule has 2 heterocycles. The van der Waals surface area contributed by atoms with Gasteiger partial charge in [-0.25, -0.2) is 15.5 Å². The molecule has 0 radical (unpaired) electrons. The summed E-state index contributed by atoms with van der Waals surface area (Å²) in [6.45, 7) is 12.2. The summed E-state index contributed by atoms with van der Waals surface area (Å²) in [7, 11) is 5.82. The Morgan fingerprint density at radius 3 is 2.03 bits per heavy atom. The maximum atomic E-state index is 14.9. The number of aliphatic hydroxyl groups excluding tert-OH is 4. The molecule has 4 rings (SSSR count). The minimum Gasteiger partial charge on any atom is -0.479 e. The average molecular weight is 1250 g/mol. The topological polar surface area (TPSA) is 406 Å². The molecule has 2 aromatic rings. The second-order valence-electron chi connectivity index (χ2n) is 22.9. The number of aliphatic hydroxyl groups is 4. The summed E-state index contributed by atoms with van der Waals surface area (Å²) in [6, 6.07) is 8.50. The Morgan fingerprint density at radius 1 is 0.795 bits per heavy atom. The van der Waals surface area contributed by atoms with Crippen molar-refractivity contribution >= 4 is 59.1 Å². The third-order valence-corrected chi connectivity index (χ3v) is 15.9. The fraction of sp³-hybridized carbons (Fsp3) is 0.644. The summed E-state index contributed by atoms with van der Waals surface area (Å²) < 4.78 is 28.8. The van der Waals surface area contributed by atoms with Crippen molar-refractivity contribution in [3.8, 4) is 5.75 Å². The molecule has 29 nitrogen and oxygen atoms in total. The van der Waals surface area contributed by atoms with Crippen LogP contribution in [0.15, 0.2) is 48.5 Å². The maximum Gasteiger partial charge on any atom is 0.410 e. The molecule has 0 aliphatic carbocycles. The van der Waals surface area contributed by atoms with Crippen LogP contribution >= 0.6 is 0 Å². The van der Waals surface area contributed by atoms with E-state index in [2.05, 4.69) is 31.4 Å². The molecule has 88 heavy (non-hydrogen) atoms. The van der Waals surface area contributed by atoms with Crippen LogP contribution in [0.25, 0.3) is 0 Å². The second kappa shape index (κ2) is 34.6. The highest BCUT2D eigenvalue weighted by molar-refractivity contribution is 5.95. The lowest BCUT2D eigenvalue weighted by atomic mass is 9.89. The van der Waals surface area contributed by atoms with Crippen LogP contribution in [0.5, 0.6) is 5.75 Å². The highest BCUT2D eigenvalue weighted by Gasteiger charge is 2.49.